The van der Waals surface area contributed by atoms with Crippen LogP contribution in [0, 0.1) is 11.6 Å². The molecule has 1 atom stereocenters. The second-order valence-corrected chi connectivity index (χ2v) is 7.05. The van der Waals surface area contributed by atoms with Crippen LogP contribution in [0.4, 0.5) is 8.78 Å². The van der Waals surface area contributed by atoms with Crippen LogP contribution in [-0.2, 0) is 24.4 Å². The molecular weight excluding hydrogens is 372 g/mol. The van der Waals surface area contributed by atoms with E-state index in [1.165, 1.54) is 12.1 Å². The zero-order valence-electron chi connectivity index (χ0n) is 16.2. The SMILES string of the molecule is O[C@H](COCc1ccccc1)CN(Cc1ccccc1)Cc1ccc(F)cc1F. The lowest BCUT2D eigenvalue weighted by molar-refractivity contribution is 0.00696. The largest absolute Gasteiger partial charge is 0.389 e. The minimum atomic E-state index is -0.731. The van der Waals surface area contributed by atoms with Crippen molar-refractivity contribution in [3.63, 3.8) is 0 Å². The highest BCUT2D eigenvalue weighted by Gasteiger charge is 2.15. The third-order valence-corrected chi connectivity index (χ3v) is 4.55. The van der Waals surface area contributed by atoms with Gasteiger partial charge >= 0.3 is 0 Å². The van der Waals surface area contributed by atoms with Gasteiger partial charge in [-0.1, -0.05) is 66.7 Å². The maximum Gasteiger partial charge on any atom is 0.130 e. The standard InChI is InChI=1S/C24H25F2NO2/c25-22-12-11-21(24(26)13-22)15-27(14-19-7-3-1-4-8-19)16-23(28)18-29-17-20-9-5-2-6-10-20/h1-13,23,28H,14-18H2/t23-/m0/s1. The number of halogens is 2. The molecule has 0 amide bonds. The van der Waals surface area contributed by atoms with Crippen LogP contribution in [0.3, 0.4) is 0 Å². The van der Waals surface area contributed by atoms with Gasteiger partial charge in [0.2, 0.25) is 0 Å². The van der Waals surface area contributed by atoms with Crippen molar-refractivity contribution < 1.29 is 18.6 Å². The first-order valence-electron chi connectivity index (χ1n) is 9.60. The third-order valence-electron chi connectivity index (χ3n) is 4.55. The summed E-state index contributed by atoms with van der Waals surface area (Å²) in [6, 6.07) is 23.1. The Hall–Kier alpha value is -2.60. The first-order chi connectivity index (χ1) is 14.1. The summed E-state index contributed by atoms with van der Waals surface area (Å²) in [7, 11) is 0. The monoisotopic (exact) mass is 397 g/mol. The summed E-state index contributed by atoms with van der Waals surface area (Å²) in [5.74, 6) is -1.19. The van der Waals surface area contributed by atoms with Gasteiger partial charge in [-0.2, -0.15) is 0 Å². The van der Waals surface area contributed by atoms with Gasteiger partial charge in [0.1, 0.15) is 11.6 Å². The molecule has 0 spiro atoms. The molecule has 0 radical (unpaired) electrons. The normalized spacial score (nSPS) is 12.3. The fourth-order valence-corrected chi connectivity index (χ4v) is 3.16. The summed E-state index contributed by atoms with van der Waals surface area (Å²) in [6.07, 6.45) is -0.731. The average molecular weight is 397 g/mol. The highest BCUT2D eigenvalue weighted by molar-refractivity contribution is 5.19. The smallest absolute Gasteiger partial charge is 0.130 e. The molecule has 0 aliphatic carbocycles. The first-order valence-corrected chi connectivity index (χ1v) is 9.60. The van der Waals surface area contributed by atoms with Gasteiger partial charge in [0.05, 0.1) is 19.3 Å². The number of nitrogens with zero attached hydrogens (tertiary/aromatic N) is 1. The van der Waals surface area contributed by atoms with Crippen molar-refractivity contribution >= 4 is 0 Å². The van der Waals surface area contributed by atoms with Gasteiger partial charge in [-0.25, -0.2) is 8.78 Å². The van der Waals surface area contributed by atoms with Crippen LogP contribution in [-0.4, -0.2) is 29.3 Å². The van der Waals surface area contributed by atoms with Crippen molar-refractivity contribution in [3.8, 4) is 0 Å². The number of aliphatic hydroxyl groups is 1. The molecule has 0 aliphatic heterocycles. The number of benzene rings is 3. The topological polar surface area (TPSA) is 32.7 Å². The predicted molar refractivity (Wildman–Crippen MR) is 109 cm³/mol. The third kappa shape index (κ3) is 7.06. The van der Waals surface area contributed by atoms with Crippen molar-refractivity contribution in [2.24, 2.45) is 0 Å². The van der Waals surface area contributed by atoms with Gasteiger partial charge in [0.15, 0.2) is 0 Å². The lowest BCUT2D eigenvalue weighted by Crippen LogP contribution is -2.34. The highest BCUT2D eigenvalue weighted by atomic mass is 19.1. The van der Waals surface area contributed by atoms with Gasteiger partial charge in [0.25, 0.3) is 0 Å². The van der Waals surface area contributed by atoms with Gasteiger partial charge in [-0.05, 0) is 17.2 Å². The van der Waals surface area contributed by atoms with E-state index in [2.05, 4.69) is 0 Å². The molecule has 0 aliphatic rings. The van der Waals surface area contributed by atoms with Crippen LogP contribution in [0.15, 0.2) is 78.9 Å². The summed E-state index contributed by atoms with van der Waals surface area (Å²) in [6.45, 7) is 1.69. The summed E-state index contributed by atoms with van der Waals surface area (Å²) in [4.78, 5) is 1.93. The Morgan fingerprint density at radius 1 is 0.828 bits per heavy atom. The summed E-state index contributed by atoms with van der Waals surface area (Å²) < 4.78 is 33.0. The molecule has 152 valence electrons. The van der Waals surface area contributed by atoms with Crippen molar-refractivity contribution in [1.29, 1.82) is 0 Å². The maximum absolute atomic E-state index is 14.1. The molecule has 0 aromatic heterocycles. The van der Waals surface area contributed by atoms with Crippen LogP contribution in [0.25, 0.3) is 0 Å². The number of aliphatic hydroxyl groups excluding tert-OH is 1. The Morgan fingerprint density at radius 3 is 2.14 bits per heavy atom. The molecule has 0 heterocycles. The van der Waals surface area contributed by atoms with Crippen LogP contribution in [0.5, 0.6) is 0 Å². The molecule has 3 rings (SSSR count). The first kappa shape index (κ1) is 21.1. The van der Waals surface area contributed by atoms with E-state index in [-0.39, 0.29) is 13.2 Å². The minimum Gasteiger partial charge on any atom is -0.389 e. The van der Waals surface area contributed by atoms with Crippen molar-refractivity contribution in [2.75, 3.05) is 13.2 Å². The van der Waals surface area contributed by atoms with Crippen LogP contribution < -0.4 is 0 Å². The van der Waals surface area contributed by atoms with Gasteiger partial charge in [-0.15, -0.1) is 0 Å². The quantitative estimate of drug-likeness (QED) is 0.545. The Kier molecular flexibility index (Phi) is 7.87. The fourth-order valence-electron chi connectivity index (χ4n) is 3.16. The van der Waals surface area contributed by atoms with Crippen LogP contribution in [0.2, 0.25) is 0 Å². The molecule has 0 fully saturated rings. The molecule has 5 heteroatoms. The number of rotatable bonds is 10. The molecule has 0 unspecified atom stereocenters. The van der Waals surface area contributed by atoms with Gasteiger partial charge in [0, 0.05) is 31.3 Å². The van der Waals surface area contributed by atoms with E-state index >= 15 is 0 Å². The molecule has 3 aromatic rings. The minimum absolute atomic E-state index is 0.173. The van der Waals surface area contributed by atoms with Crippen molar-refractivity contribution in [1.82, 2.24) is 4.90 Å². The van der Waals surface area contributed by atoms with E-state index in [0.717, 1.165) is 17.2 Å². The lowest BCUT2D eigenvalue weighted by Gasteiger charge is -2.25. The fraction of sp³-hybridized carbons (Fsp3) is 0.250. The molecule has 0 saturated heterocycles. The summed E-state index contributed by atoms with van der Waals surface area (Å²) >= 11 is 0. The molecular formula is C24H25F2NO2. The molecule has 3 nitrogen and oxygen atoms in total. The Bertz CT molecular complexity index is 875. The average Bonchev–Trinajstić information content (AvgIpc) is 2.71. The zero-order valence-corrected chi connectivity index (χ0v) is 16.2. The van der Waals surface area contributed by atoms with Crippen LogP contribution >= 0.6 is 0 Å². The summed E-state index contributed by atoms with van der Waals surface area (Å²) in [5.41, 5.74) is 2.47. The maximum atomic E-state index is 14.1. The van der Waals surface area contributed by atoms with E-state index < -0.39 is 17.7 Å². The van der Waals surface area contributed by atoms with Crippen molar-refractivity contribution in [3.05, 3.63) is 107 Å². The number of ether oxygens (including phenoxy) is 1. The van der Waals surface area contributed by atoms with Crippen molar-refractivity contribution in [2.45, 2.75) is 25.8 Å². The zero-order chi connectivity index (χ0) is 20.5. The molecule has 3 aromatic carbocycles. The number of hydrogen-bond donors (Lipinski definition) is 1. The second-order valence-electron chi connectivity index (χ2n) is 7.05. The van der Waals surface area contributed by atoms with E-state index in [0.29, 0.717) is 25.3 Å². The van der Waals surface area contributed by atoms with Crippen LogP contribution in [0.1, 0.15) is 16.7 Å². The van der Waals surface area contributed by atoms with E-state index in [1.54, 1.807) is 0 Å². The van der Waals surface area contributed by atoms with E-state index in [1.807, 2.05) is 65.6 Å². The molecule has 0 saturated carbocycles. The highest BCUT2D eigenvalue weighted by Crippen LogP contribution is 2.15. The summed E-state index contributed by atoms with van der Waals surface area (Å²) in [5, 5.41) is 10.4. The Balaban J connectivity index is 1.60. The Morgan fingerprint density at radius 2 is 1.48 bits per heavy atom. The van der Waals surface area contributed by atoms with Gasteiger partial charge in [-0.3, -0.25) is 4.90 Å². The second kappa shape index (κ2) is 10.8. The molecule has 1 N–H and O–H groups in total. The molecule has 29 heavy (non-hydrogen) atoms. The van der Waals surface area contributed by atoms with E-state index in [9.17, 15) is 13.9 Å². The van der Waals surface area contributed by atoms with E-state index in [4.69, 9.17) is 4.74 Å². The Labute approximate surface area is 170 Å². The lowest BCUT2D eigenvalue weighted by atomic mass is 10.1. The van der Waals surface area contributed by atoms with Gasteiger partial charge < -0.3 is 9.84 Å². The number of hydrogen-bond acceptors (Lipinski definition) is 3. The molecule has 0 bridgehead atoms. The predicted octanol–water partition coefficient (Wildman–Crippen LogP) is 4.54.